The molecule has 0 aliphatic carbocycles. The number of nitrogens with one attached hydrogen (secondary N) is 2. The Hall–Kier alpha value is -1.76. The van der Waals surface area contributed by atoms with Crippen LogP contribution in [0.1, 0.15) is 24.8 Å². The van der Waals surface area contributed by atoms with Crippen molar-refractivity contribution in [1.29, 1.82) is 0 Å². The lowest BCUT2D eigenvalue weighted by molar-refractivity contribution is -0.137. The molecule has 4 nitrogen and oxygen atoms in total. The molecule has 22 heavy (non-hydrogen) atoms. The Labute approximate surface area is 127 Å². The lowest BCUT2D eigenvalue weighted by atomic mass is 10.1. The summed E-state index contributed by atoms with van der Waals surface area (Å²) in [7, 11) is 2.06. The van der Waals surface area contributed by atoms with Crippen LogP contribution in [0.15, 0.2) is 24.3 Å². The van der Waals surface area contributed by atoms with Gasteiger partial charge in [0.15, 0.2) is 0 Å². The molecule has 1 atom stereocenters. The molecule has 2 amide bonds. The van der Waals surface area contributed by atoms with Gasteiger partial charge in [-0.3, -0.25) is 0 Å². The van der Waals surface area contributed by atoms with Crippen molar-refractivity contribution in [2.45, 2.75) is 31.5 Å². The van der Waals surface area contributed by atoms with Gasteiger partial charge >= 0.3 is 12.2 Å². The first-order valence-electron chi connectivity index (χ1n) is 7.28. The number of halogens is 3. The molecular formula is C15H20F3N3O. The smallest absolute Gasteiger partial charge is 0.338 e. The maximum Gasteiger partial charge on any atom is 0.416 e. The van der Waals surface area contributed by atoms with Crippen LogP contribution < -0.4 is 10.6 Å². The van der Waals surface area contributed by atoms with Crippen LogP contribution in [0.5, 0.6) is 0 Å². The van der Waals surface area contributed by atoms with Gasteiger partial charge in [0, 0.05) is 18.3 Å². The molecule has 1 aliphatic heterocycles. The van der Waals surface area contributed by atoms with Crippen molar-refractivity contribution in [2.75, 3.05) is 25.5 Å². The molecule has 0 bridgehead atoms. The molecule has 1 aromatic rings. The Morgan fingerprint density at radius 3 is 2.82 bits per heavy atom. The number of nitrogens with zero attached hydrogens (tertiary/aromatic N) is 1. The predicted molar refractivity (Wildman–Crippen MR) is 78.7 cm³/mol. The van der Waals surface area contributed by atoms with Crippen LogP contribution in [0, 0.1) is 0 Å². The van der Waals surface area contributed by atoms with E-state index in [1.54, 1.807) is 0 Å². The highest BCUT2D eigenvalue weighted by Crippen LogP contribution is 2.30. The quantitative estimate of drug-likeness (QED) is 0.895. The van der Waals surface area contributed by atoms with E-state index in [0.717, 1.165) is 37.9 Å². The molecule has 0 spiro atoms. The van der Waals surface area contributed by atoms with Crippen molar-refractivity contribution in [3.05, 3.63) is 29.8 Å². The minimum atomic E-state index is -4.42. The van der Waals surface area contributed by atoms with Gasteiger partial charge in [-0.15, -0.1) is 0 Å². The molecule has 1 heterocycles. The van der Waals surface area contributed by atoms with Crippen molar-refractivity contribution in [3.63, 3.8) is 0 Å². The third kappa shape index (κ3) is 4.62. The fourth-order valence-electron chi connectivity index (χ4n) is 2.64. The van der Waals surface area contributed by atoms with Gasteiger partial charge in [-0.2, -0.15) is 13.2 Å². The fourth-order valence-corrected chi connectivity index (χ4v) is 2.64. The maximum absolute atomic E-state index is 12.6. The summed E-state index contributed by atoms with van der Waals surface area (Å²) in [5.74, 6) is 0. The summed E-state index contributed by atoms with van der Waals surface area (Å²) in [6, 6.07) is 4.57. The van der Waals surface area contributed by atoms with Gasteiger partial charge in [0.2, 0.25) is 0 Å². The van der Waals surface area contributed by atoms with Gasteiger partial charge in [-0.05, 0) is 51.1 Å². The third-order valence-corrected chi connectivity index (χ3v) is 3.88. The first kappa shape index (κ1) is 16.6. The van der Waals surface area contributed by atoms with Crippen LogP contribution in [-0.2, 0) is 6.18 Å². The molecular weight excluding hydrogens is 295 g/mol. The number of anilines is 1. The van der Waals surface area contributed by atoms with Crippen molar-refractivity contribution >= 4 is 11.7 Å². The zero-order valence-corrected chi connectivity index (χ0v) is 12.4. The number of likely N-dealkylation sites (tertiary alicyclic amines) is 1. The minimum Gasteiger partial charge on any atom is -0.338 e. The van der Waals surface area contributed by atoms with Crippen LogP contribution >= 0.6 is 0 Å². The lowest BCUT2D eigenvalue weighted by Gasteiger charge is -2.19. The van der Waals surface area contributed by atoms with Crippen LogP contribution in [0.3, 0.4) is 0 Å². The molecule has 2 rings (SSSR count). The molecule has 1 aromatic carbocycles. The molecule has 122 valence electrons. The zero-order valence-electron chi connectivity index (χ0n) is 12.4. The molecule has 0 aromatic heterocycles. The Kier molecular flexibility index (Phi) is 5.28. The molecule has 1 fully saturated rings. The van der Waals surface area contributed by atoms with Gasteiger partial charge in [0.25, 0.3) is 0 Å². The van der Waals surface area contributed by atoms with E-state index >= 15 is 0 Å². The van der Waals surface area contributed by atoms with Gasteiger partial charge in [0.1, 0.15) is 0 Å². The maximum atomic E-state index is 12.6. The van der Waals surface area contributed by atoms with E-state index in [4.69, 9.17) is 0 Å². The monoisotopic (exact) mass is 315 g/mol. The molecule has 0 radical (unpaired) electrons. The number of benzene rings is 1. The third-order valence-electron chi connectivity index (χ3n) is 3.88. The number of carbonyl (C=O) groups is 1. The van der Waals surface area contributed by atoms with Gasteiger partial charge in [-0.1, -0.05) is 6.07 Å². The Balaban J connectivity index is 1.79. The number of hydrogen-bond acceptors (Lipinski definition) is 2. The summed E-state index contributed by atoms with van der Waals surface area (Å²) in [5.41, 5.74) is -0.650. The van der Waals surface area contributed by atoms with E-state index in [9.17, 15) is 18.0 Å². The summed E-state index contributed by atoms with van der Waals surface area (Å²) in [6.07, 6.45) is -1.29. The summed E-state index contributed by atoms with van der Waals surface area (Å²) in [6.45, 7) is 1.57. The molecule has 2 N–H and O–H groups in total. The van der Waals surface area contributed by atoms with Crippen molar-refractivity contribution in [1.82, 2.24) is 10.2 Å². The van der Waals surface area contributed by atoms with E-state index in [-0.39, 0.29) is 5.69 Å². The first-order chi connectivity index (χ1) is 10.4. The number of amides is 2. The largest absolute Gasteiger partial charge is 0.416 e. The van der Waals surface area contributed by atoms with Crippen LogP contribution in [0.25, 0.3) is 0 Å². The standard InChI is InChI=1S/C15H20F3N3O/c1-21-9-3-6-13(21)7-8-19-14(22)20-12-5-2-4-11(10-12)15(16,17)18/h2,4-5,10,13H,3,6-9H2,1H3,(H2,19,20,22)/t13-/m1/s1. The van der Waals surface area contributed by atoms with E-state index in [1.807, 2.05) is 0 Å². The van der Waals surface area contributed by atoms with E-state index < -0.39 is 17.8 Å². The number of urea groups is 1. The summed E-state index contributed by atoms with van der Waals surface area (Å²) in [5, 5.41) is 5.11. The van der Waals surface area contributed by atoms with Crippen molar-refractivity contribution in [2.24, 2.45) is 0 Å². The topological polar surface area (TPSA) is 44.4 Å². The van der Waals surface area contributed by atoms with Gasteiger partial charge in [-0.25, -0.2) is 4.79 Å². The van der Waals surface area contributed by atoms with Crippen LogP contribution in [0.2, 0.25) is 0 Å². The summed E-state index contributed by atoms with van der Waals surface area (Å²) < 4.78 is 37.8. The average Bonchev–Trinajstić information content (AvgIpc) is 2.84. The number of alkyl halides is 3. The Morgan fingerprint density at radius 1 is 1.41 bits per heavy atom. The molecule has 0 saturated carbocycles. The minimum absolute atomic E-state index is 0.130. The lowest BCUT2D eigenvalue weighted by Crippen LogP contribution is -2.34. The Bertz CT molecular complexity index is 519. The highest BCUT2D eigenvalue weighted by atomic mass is 19.4. The summed E-state index contributed by atoms with van der Waals surface area (Å²) >= 11 is 0. The predicted octanol–water partition coefficient (Wildman–Crippen LogP) is 3.31. The average molecular weight is 315 g/mol. The second kappa shape index (κ2) is 7.00. The number of rotatable bonds is 4. The van der Waals surface area contributed by atoms with E-state index in [0.29, 0.717) is 12.6 Å². The highest BCUT2D eigenvalue weighted by Gasteiger charge is 2.30. The van der Waals surface area contributed by atoms with Gasteiger partial charge in [0.05, 0.1) is 5.56 Å². The second-order valence-corrected chi connectivity index (χ2v) is 5.52. The van der Waals surface area contributed by atoms with Crippen molar-refractivity contribution in [3.8, 4) is 0 Å². The number of hydrogen-bond donors (Lipinski definition) is 2. The molecule has 1 aliphatic rings. The molecule has 0 unspecified atom stereocenters. The zero-order chi connectivity index (χ0) is 16.2. The molecule has 1 saturated heterocycles. The first-order valence-corrected chi connectivity index (χ1v) is 7.28. The molecule has 7 heteroatoms. The van der Waals surface area contributed by atoms with Crippen LogP contribution in [0.4, 0.5) is 23.7 Å². The second-order valence-electron chi connectivity index (χ2n) is 5.52. The highest BCUT2D eigenvalue weighted by molar-refractivity contribution is 5.89. The van der Waals surface area contributed by atoms with E-state index in [1.165, 1.54) is 12.1 Å². The number of carbonyl (C=O) groups excluding carboxylic acids is 1. The SMILES string of the molecule is CN1CCC[C@@H]1CCNC(=O)Nc1cccc(C(F)(F)F)c1. The van der Waals surface area contributed by atoms with Gasteiger partial charge < -0.3 is 15.5 Å². The fraction of sp³-hybridized carbons (Fsp3) is 0.533. The van der Waals surface area contributed by atoms with Crippen LogP contribution in [-0.4, -0.2) is 37.1 Å². The normalized spacial score (nSPS) is 19.2. The van der Waals surface area contributed by atoms with E-state index in [2.05, 4.69) is 22.6 Å². The van der Waals surface area contributed by atoms with Crippen molar-refractivity contribution < 1.29 is 18.0 Å². The Morgan fingerprint density at radius 2 is 2.18 bits per heavy atom. The summed E-state index contributed by atoms with van der Waals surface area (Å²) in [4.78, 5) is 14.0.